The number of tetrazole rings is 1. The lowest BCUT2D eigenvalue weighted by atomic mass is 10.2. The molecule has 0 unspecified atom stereocenters. The van der Waals surface area contributed by atoms with Gasteiger partial charge < -0.3 is 0 Å². The van der Waals surface area contributed by atoms with E-state index in [2.05, 4.69) is 41.3 Å². The van der Waals surface area contributed by atoms with Crippen molar-refractivity contribution in [3.8, 4) is 17.3 Å². The number of alkyl halides is 1. The van der Waals surface area contributed by atoms with Crippen LogP contribution in [0.4, 0.5) is 0 Å². The van der Waals surface area contributed by atoms with Crippen LogP contribution in [0.5, 0.6) is 0 Å². The number of hydrogen-bond acceptors (Lipinski definition) is 5. The Morgan fingerprint density at radius 2 is 1.79 bits per heavy atom. The van der Waals surface area contributed by atoms with Crippen molar-refractivity contribution in [3.05, 3.63) is 48.3 Å². The average Bonchev–Trinajstić information content (AvgIpc) is 2.98. The second kappa shape index (κ2) is 5.23. The molecule has 0 aliphatic carbocycles. The van der Waals surface area contributed by atoms with E-state index in [1.165, 1.54) is 4.80 Å². The maximum atomic E-state index is 4.26. The van der Waals surface area contributed by atoms with Gasteiger partial charge in [-0.1, -0.05) is 51.1 Å². The van der Waals surface area contributed by atoms with Gasteiger partial charge in [-0.05, 0) is 10.8 Å². The lowest BCUT2D eigenvalue weighted by Gasteiger charge is -1.97. The monoisotopic (exact) mass is 316 g/mol. The minimum atomic E-state index is 0.402. The predicted octanol–water partition coefficient (Wildman–Crippen LogP) is 2.01. The lowest BCUT2D eigenvalue weighted by Crippen LogP contribution is -2.05. The highest BCUT2D eigenvalue weighted by Crippen LogP contribution is 2.12. The van der Waals surface area contributed by atoms with Gasteiger partial charge in [-0.3, -0.25) is 0 Å². The van der Waals surface area contributed by atoms with Crippen LogP contribution in [0.2, 0.25) is 0 Å². The number of nitrogens with zero attached hydrogens (tertiary/aromatic N) is 6. The maximum absolute atomic E-state index is 4.26. The van der Waals surface area contributed by atoms with Gasteiger partial charge in [0, 0.05) is 23.3 Å². The summed E-state index contributed by atoms with van der Waals surface area (Å²) in [5, 5.41) is 12.9. The van der Waals surface area contributed by atoms with Crippen LogP contribution in [0.1, 0.15) is 5.56 Å². The van der Waals surface area contributed by atoms with Gasteiger partial charge in [-0.2, -0.15) is 0 Å². The van der Waals surface area contributed by atoms with E-state index in [1.807, 2.05) is 30.3 Å². The van der Waals surface area contributed by atoms with Crippen molar-refractivity contribution >= 4 is 15.9 Å². The SMILES string of the molecule is BrCc1cnc(-n2nnc(-c3ccccc3)n2)nc1. The number of hydrogen-bond donors (Lipinski definition) is 0. The van der Waals surface area contributed by atoms with E-state index in [0.29, 0.717) is 17.1 Å². The quantitative estimate of drug-likeness (QED) is 0.691. The zero-order valence-corrected chi connectivity index (χ0v) is 11.4. The summed E-state index contributed by atoms with van der Waals surface area (Å²) in [6, 6.07) is 9.65. The zero-order valence-electron chi connectivity index (χ0n) is 9.81. The standard InChI is InChI=1S/C12H9BrN6/c13-6-9-7-14-12(15-8-9)19-17-11(16-18-19)10-4-2-1-3-5-10/h1-5,7-8H,6H2. The number of benzene rings is 1. The Hall–Kier alpha value is -2.15. The Kier molecular flexibility index (Phi) is 3.28. The van der Waals surface area contributed by atoms with Crippen LogP contribution in [0.3, 0.4) is 0 Å². The van der Waals surface area contributed by atoms with Crippen LogP contribution in [-0.4, -0.2) is 30.2 Å². The summed E-state index contributed by atoms with van der Waals surface area (Å²) >= 11 is 3.34. The molecule has 2 aromatic heterocycles. The molecule has 0 saturated heterocycles. The fourth-order valence-electron chi connectivity index (χ4n) is 1.52. The number of rotatable bonds is 3. The zero-order chi connectivity index (χ0) is 13.1. The third-order valence-corrected chi connectivity index (χ3v) is 3.12. The fraction of sp³-hybridized carbons (Fsp3) is 0.0833. The fourth-order valence-corrected chi connectivity index (χ4v) is 1.81. The van der Waals surface area contributed by atoms with Gasteiger partial charge in [0.2, 0.25) is 5.82 Å². The summed E-state index contributed by atoms with van der Waals surface area (Å²) in [5.74, 6) is 0.952. The molecule has 94 valence electrons. The maximum Gasteiger partial charge on any atom is 0.270 e. The van der Waals surface area contributed by atoms with Gasteiger partial charge in [-0.25, -0.2) is 9.97 Å². The molecule has 1 aromatic carbocycles. The third kappa shape index (κ3) is 2.50. The van der Waals surface area contributed by atoms with Crippen molar-refractivity contribution in [2.45, 2.75) is 5.33 Å². The number of halogens is 1. The molecule has 3 rings (SSSR count). The first kappa shape index (κ1) is 11.9. The summed E-state index contributed by atoms with van der Waals surface area (Å²) in [5.41, 5.74) is 1.90. The molecule has 0 aliphatic rings. The second-order valence-electron chi connectivity index (χ2n) is 3.79. The first-order chi connectivity index (χ1) is 9.36. The van der Waals surface area contributed by atoms with E-state index in [0.717, 1.165) is 11.1 Å². The van der Waals surface area contributed by atoms with Crippen LogP contribution in [0.25, 0.3) is 17.3 Å². The van der Waals surface area contributed by atoms with Gasteiger partial charge >= 0.3 is 0 Å². The summed E-state index contributed by atoms with van der Waals surface area (Å²) in [7, 11) is 0. The van der Waals surface area contributed by atoms with Crippen LogP contribution < -0.4 is 0 Å². The Morgan fingerprint density at radius 3 is 2.47 bits per heavy atom. The lowest BCUT2D eigenvalue weighted by molar-refractivity contribution is 0.677. The molecule has 0 aliphatic heterocycles. The largest absolute Gasteiger partial charge is 0.270 e. The third-order valence-electron chi connectivity index (χ3n) is 2.47. The highest BCUT2D eigenvalue weighted by molar-refractivity contribution is 9.08. The minimum absolute atomic E-state index is 0.402. The molecule has 0 atom stereocenters. The van der Waals surface area contributed by atoms with Gasteiger partial charge in [0.15, 0.2) is 0 Å². The van der Waals surface area contributed by atoms with Crippen molar-refractivity contribution < 1.29 is 0 Å². The molecule has 2 heterocycles. The van der Waals surface area contributed by atoms with Crippen molar-refractivity contribution in [2.24, 2.45) is 0 Å². The summed E-state index contributed by atoms with van der Waals surface area (Å²) < 4.78 is 0. The highest BCUT2D eigenvalue weighted by Gasteiger charge is 2.08. The molecular weight excluding hydrogens is 308 g/mol. The molecule has 19 heavy (non-hydrogen) atoms. The average molecular weight is 317 g/mol. The summed E-state index contributed by atoms with van der Waals surface area (Å²) in [4.78, 5) is 9.69. The normalized spacial score (nSPS) is 10.6. The van der Waals surface area contributed by atoms with Crippen LogP contribution >= 0.6 is 15.9 Å². The topological polar surface area (TPSA) is 69.4 Å². The molecule has 3 aromatic rings. The van der Waals surface area contributed by atoms with Gasteiger partial charge in [0.25, 0.3) is 5.95 Å². The molecule has 0 radical (unpaired) electrons. The van der Waals surface area contributed by atoms with E-state index >= 15 is 0 Å². The van der Waals surface area contributed by atoms with Crippen molar-refractivity contribution in [1.82, 2.24) is 30.2 Å². The summed E-state index contributed by atoms with van der Waals surface area (Å²) in [6.07, 6.45) is 3.45. The molecule has 0 amide bonds. The predicted molar refractivity (Wildman–Crippen MR) is 72.8 cm³/mol. The van der Waals surface area contributed by atoms with Crippen molar-refractivity contribution in [2.75, 3.05) is 0 Å². The summed E-state index contributed by atoms with van der Waals surface area (Å²) in [6.45, 7) is 0. The van der Waals surface area contributed by atoms with Gasteiger partial charge in [0.05, 0.1) is 0 Å². The Labute approximate surface area is 117 Å². The molecule has 0 saturated carbocycles. The van der Waals surface area contributed by atoms with E-state index in [4.69, 9.17) is 0 Å². The smallest absolute Gasteiger partial charge is 0.218 e. The van der Waals surface area contributed by atoms with Gasteiger partial charge in [0.1, 0.15) is 0 Å². The van der Waals surface area contributed by atoms with Crippen LogP contribution in [0, 0.1) is 0 Å². The molecular formula is C12H9BrN6. The second-order valence-corrected chi connectivity index (χ2v) is 4.35. The van der Waals surface area contributed by atoms with E-state index in [1.54, 1.807) is 12.4 Å². The van der Waals surface area contributed by atoms with Crippen molar-refractivity contribution in [3.63, 3.8) is 0 Å². The van der Waals surface area contributed by atoms with Gasteiger partial charge in [-0.15, -0.1) is 10.2 Å². The van der Waals surface area contributed by atoms with E-state index < -0.39 is 0 Å². The van der Waals surface area contributed by atoms with Crippen LogP contribution in [0.15, 0.2) is 42.7 Å². The number of aromatic nitrogens is 6. The molecule has 0 spiro atoms. The molecule has 0 fully saturated rings. The molecule has 7 heteroatoms. The Morgan fingerprint density at radius 1 is 1.05 bits per heavy atom. The van der Waals surface area contributed by atoms with E-state index in [-0.39, 0.29) is 0 Å². The van der Waals surface area contributed by atoms with Crippen LogP contribution in [-0.2, 0) is 5.33 Å². The molecule has 0 bridgehead atoms. The first-order valence-corrected chi connectivity index (χ1v) is 6.71. The highest BCUT2D eigenvalue weighted by atomic mass is 79.9. The Balaban J connectivity index is 1.92. The van der Waals surface area contributed by atoms with E-state index in [9.17, 15) is 0 Å². The first-order valence-electron chi connectivity index (χ1n) is 5.59. The van der Waals surface area contributed by atoms with Crippen molar-refractivity contribution in [1.29, 1.82) is 0 Å². The Bertz CT molecular complexity index is 664. The molecule has 6 nitrogen and oxygen atoms in total. The minimum Gasteiger partial charge on any atom is -0.218 e. The molecule has 0 N–H and O–H groups in total.